The summed E-state index contributed by atoms with van der Waals surface area (Å²) in [6.45, 7) is 3.24. The Balaban J connectivity index is 2.64. The molecule has 0 saturated heterocycles. The zero-order chi connectivity index (χ0) is 11.9. The molecule has 2 rings (SSSR count). The Hall–Kier alpha value is -1.88. The van der Waals surface area contributed by atoms with E-state index in [9.17, 15) is 9.90 Å². The quantitative estimate of drug-likeness (QED) is 0.746. The van der Waals surface area contributed by atoms with E-state index in [1.807, 2.05) is 0 Å². The fraction of sp³-hybridized carbons (Fsp3) is 0.273. The van der Waals surface area contributed by atoms with Crippen molar-refractivity contribution < 1.29 is 14.3 Å². The molecule has 84 valence electrons. The lowest BCUT2D eigenvalue weighted by Gasteiger charge is -2.05. The summed E-state index contributed by atoms with van der Waals surface area (Å²) in [6, 6.07) is 2.47. The van der Waals surface area contributed by atoms with E-state index in [1.54, 1.807) is 19.9 Å². The molecule has 2 aromatic rings. The molecule has 0 radical (unpaired) electrons. The van der Waals surface area contributed by atoms with Crippen LogP contribution in [0.15, 0.2) is 16.5 Å². The summed E-state index contributed by atoms with van der Waals surface area (Å²) in [7, 11) is 0. The van der Waals surface area contributed by atoms with Gasteiger partial charge in [0.05, 0.1) is 11.6 Å². The van der Waals surface area contributed by atoms with Crippen LogP contribution in [0.3, 0.4) is 0 Å². The molecule has 3 N–H and O–H groups in total. The fourth-order valence-electron chi connectivity index (χ4n) is 1.53. The maximum absolute atomic E-state index is 11.7. The third kappa shape index (κ3) is 1.55. The zero-order valence-electron chi connectivity index (χ0n) is 9.02. The van der Waals surface area contributed by atoms with Gasteiger partial charge in [0.25, 0.3) is 0 Å². The fourth-order valence-corrected chi connectivity index (χ4v) is 1.53. The maximum Gasteiger partial charge on any atom is 0.197 e. The van der Waals surface area contributed by atoms with Gasteiger partial charge in [-0.2, -0.15) is 0 Å². The highest BCUT2D eigenvalue weighted by Crippen LogP contribution is 2.29. The van der Waals surface area contributed by atoms with E-state index in [4.69, 9.17) is 10.2 Å². The molecule has 0 aliphatic carbocycles. The Kier molecular flexibility index (Phi) is 2.40. The number of aryl methyl sites for hydroxylation is 1. The van der Waals surface area contributed by atoms with Crippen molar-refractivity contribution in [1.82, 2.24) is 4.98 Å². The van der Waals surface area contributed by atoms with Crippen LogP contribution in [0.4, 0.5) is 0 Å². The molecule has 16 heavy (non-hydrogen) atoms. The lowest BCUT2D eigenvalue weighted by Crippen LogP contribution is -2.26. The van der Waals surface area contributed by atoms with Crippen molar-refractivity contribution in [1.29, 1.82) is 0 Å². The van der Waals surface area contributed by atoms with Gasteiger partial charge in [-0.05, 0) is 19.1 Å². The van der Waals surface area contributed by atoms with Crippen LogP contribution in [0.25, 0.3) is 11.1 Å². The van der Waals surface area contributed by atoms with Gasteiger partial charge in [-0.1, -0.05) is 0 Å². The number of fused-ring (bicyclic) bond motifs is 1. The SMILES string of the molecule is Cc1nc2ccc(C(=O)C(C)N)c(O)c2o1. The number of oxazole rings is 1. The number of ketones is 1. The number of rotatable bonds is 2. The van der Waals surface area contributed by atoms with Crippen LogP contribution < -0.4 is 5.73 Å². The second-order valence-electron chi connectivity index (χ2n) is 3.70. The van der Waals surface area contributed by atoms with E-state index in [2.05, 4.69) is 4.98 Å². The Morgan fingerprint density at radius 1 is 1.56 bits per heavy atom. The Labute approximate surface area is 91.9 Å². The normalized spacial score (nSPS) is 12.9. The number of nitrogens with zero attached hydrogens (tertiary/aromatic N) is 1. The van der Waals surface area contributed by atoms with Crippen LogP contribution >= 0.6 is 0 Å². The molecule has 0 spiro atoms. The van der Waals surface area contributed by atoms with Gasteiger partial charge in [0, 0.05) is 6.92 Å². The minimum absolute atomic E-state index is 0.165. The second kappa shape index (κ2) is 3.61. The topological polar surface area (TPSA) is 89.4 Å². The van der Waals surface area contributed by atoms with Crippen LogP contribution in [0.2, 0.25) is 0 Å². The second-order valence-corrected chi connectivity index (χ2v) is 3.70. The monoisotopic (exact) mass is 220 g/mol. The Morgan fingerprint density at radius 2 is 2.25 bits per heavy atom. The van der Waals surface area contributed by atoms with E-state index in [-0.39, 0.29) is 22.7 Å². The number of benzene rings is 1. The van der Waals surface area contributed by atoms with Crippen LogP contribution in [-0.2, 0) is 0 Å². The zero-order valence-corrected chi connectivity index (χ0v) is 9.02. The van der Waals surface area contributed by atoms with Gasteiger partial charge in [0.1, 0.15) is 5.52 Å². The Morgan fingerprint density at radius 3 is 2.88 bits per heavy atom. The van der Waals surface area contributed by atoms with Gasteiger partial charge in [-0.25, -0.2) is 4.98 Å². The molecule has 0 bridgehead atoms. The van der Waals surface area contributed by atoms with Gasteiger partial charge in [-0.15, -0.1) is 0 Å². The van der Waals surface area contributed by atoms with Crippen molar-refractivity contribution in [3.05, 3.63) is 23.6 Å². The number of aromatic hydroxyl groups is 1. The number of phenolic OH excluding ortho intramolecular Hbond substituents is 1. The summed E-state index contributed by atoms with van der Waals surface area (Å²) < 4.78 is 5.22. The average Bonchev–Trinajstić information content (AvgIpc) is 2.59. The molecular formula is C11H12N2O3. The molecule has 0 aliphatic heterocycles. The summed E-state index contributed by atoms with van der Waals surface area (Å²) >= 11 is 0. The molecule has 0 aliphatic rings. The van der Waals surface area contributed by atoms with Crippen LogP contribution in [0.1, 0.15) is 23.2 Å². The number of carbonyl (C=O) groups is 1. The third-order valence-corrected chi connectivity index (χ3v) is 2.32. The van der Waals surface area contributed by atoms with Crippen molar-refractivity contribution in [2.45, 2.75) is 19.9 Å². The molecule has 5 heteroatoms. The lowest BCUT2D eigenvalue weighted by atomic mass is 10.0. The van der Waals surface area contributed by atoms with Crippen molar-refractivity contribution >= 4 is 16.9 Å². The summed E-state index contributed by atoms with van der Waals surface area (Å²) in [5.74, 6) is -0.0791. The van der Waals surface area contributed by atoms with Crippen molar-refractivity contribution in [3.8, 4) is 5.75 Å². The van der Waals surface area contributed by atoms with E-state index < -0.39 is 6.04 Å². The van der Waals surface area contributed by atoms with E-state index in [0.29, 0.717) is 11.4 Å². The van der Waals surface area contributed by atoms with Crippen LogP contribution in [0.5, 0.6) is 5.75 Å². The molecule has 1 aromatic carbocycles. The molecular weight excluding hydrogens is 208 g/mol. The van der Waals surface area contributed by atoms with Gasteiger partial charge >= 0.3 is 0 Å². The summed E-state index contributed by atoms with van der Waals surface area (Å²) in [6.07, 6.45) is 0. The largest absolute Gasteiger partial charge is 0.504 e. The van der Waals surface area contributed by atoms with Gasteiger partial charge in [0.2, 0.25) is 0 Å². The molecule has 0 amide bonds. The van der Waals surface area contributed by atoms with Gasteiger partial charge in [-0.3, -0.25) is 4.79 Å². The summed E-state index contributed by atoms with van der Waals surface area (Å²) in [4.78, 5) is 15.7. The lowest BCUT2D eigenvalue weighted by molar-refractivity contribution is 0.0965. The minimum atomic E-state index is -0.660. The summed E-state index contributed by atoms with van der Waals surface area (Å²) in [5.41, 5.74) is 6.39. The number of hydrogen-bond donors (Lipinski definition) is 2. The summed E-state index contributed by atoms with van der Waals surface area (Å²) in [5, 5.41) is 9.87. The van der Waals surface area contributed by atoms with Gasteiger partial charge in [0.15, 0.2) is 23.0 Å². The van der Waals surface area contributed by atoms with Crippen LogP contribution in [0, 0.1) is 6.92 Å². The molecule has 1 atom stereocenters. The minimum Gasteiger partial charge on any atom is -0.504 e. The predicted octanol–water partition coefficient (Wildman–Crippen LogP) is 1.37. The standard InChI is InChI=1S/C11H12N2O3/c1-5(12)9(14)7-3-4-8-11(10(7)15)16-6(2)13-8/h3-5,15H,12H2,1-2H3. The molecule has 1 unspecified atom stereocenters. The highest BCUT2D eigenvalue weighted by Gasteiger charge is 2.19. The predicted molar refractivity (Wildman–Crippen MR) is 58.4 cm³/mol. The number of phenols is 1. The first kappa shape index (κ1) is 10.6. The third-order valence-electron chi connectivity index (χ3n) is 2.32. The maximum atomic E-state index is 11.7. The number of Topliss-reactive ketones (excluding diaryl/α,β-unsaturated/α-hetero) is 1. The number of nitrogens with two attached hydrogens (primary N) is 1. The first-order valence-corrected chi connectivity index (χ1v) is 4.89. The first-order valence-electron chi connectivity index (χ1n) is 4.89. The Bertz CT molecular complexity index is 558. The number of hydrogen-bond acceptors (Lipinski definition) is 5. The van der Waals surface area contributed by atoms with E-state index >= 15 is 0 Å². The molecule has 0 saturated carbocycles. The highest BCUT2D eigenvalue weighted by molar-refractivity contribution is 6.05. The van der Waals surface area contributed by atoms with Crippen molar-refractivity contribution in [2.24, 2.45) is 5.73 Å². The smallest absolute Gasteiger partial charge is 0.197 e. The number of carbonyl (C=O) groups excluding carboxylic acids is 1. The van der Waals surface area contributed by atoms with Crippen LogP contribution in [-0.4, -0.2) is 21.9 Å². The number of aromatic nitrogens is 1. The van der Waals surface area contributed by atoms with Crippen molar-refractivity contribution in [2.75, 3.05) is 0 Å². The van der Waals surface area contributed by atoms with E-state index in [1.165, 1.54) is 6.07 Å². The molecule has 1 heterocycles. The molecule has 0 fully saturated rings. The van der Waals surface area contributed by atoms with Gasteiger partial charge < -0.3 is 15.3 Å². The average molecular weight is 220 g/mol. The first-order chi connectivity index (χ1) is 7.50. The van der Waals surface area contributed by atoms with Crippen molar-refractivity contribution in [3.63, 3.8) is 0 Å². The molecule has 5 nitrogen and oxygen atoms in total. The highest BCUT2D eigenvalue weighted by atomic mass is 16.4. The van der Waals surface area contributed by atoms with E-state index in [0.717, 1.165) is 0 Å². The molecule has 1 aromatic heterocycles.